The number of nitrogens with one attached hydrogen (secondary N) is 1. The number of alkyl halides is 3. The average Bonchev–Trinajstić information content (AvgIpc) is 2.32. The van der Waals surface area contributed by atoms with E-state index in [1.165, 1.54) is 0 Å². The molecule has 1 fully saturated rings. The molecule has 1 aliphatic carbocycles. The highest BCUT2D eigenvalue weighted by molar-refractivity contribution is 5.79. The van der Waals surface area contributed by atoms with E-state index in [0.29, 0.717) is 12.8 Å². The third-order valence-electron chi connectivity index (χ3n) is 1.99. The molecular weight excluding hydrogens is 171 g/mol. The lowest BCUT2D eigenvalue weighted by molar-refractivity contribution is -0.172. The van der Waals surface area contributed by atoms with Crippen LogP contribution in [0.15, 0.2) is 0 Å². The monoisotopic (exact) mass is 181 g/mol. The first-order chi connectivity index (χ1) is 5.49. The van der Waals surface area contributed by atoms with Gasteiger partial charge in [0.05, 0.1) is 0 Å². The summed E-state index contributed by atoms with van der Waals surface area (Å²) in [6.45, 7) is 0. The molecule has 1 rings (SSSR count). The zero-order valence-electron chi connectivity index (χ0n) is 6.45. The van der Waals surface area contributed by atoms with Crippen LogP contribution in [0, 0.1) is 5.92 Å². The van der Waals surface area contributed by atoms with Crippen molar-refractivity contribution in [1.29, 1.82) is 0 Å². The number of hydrogen-bond acceptors (Lipinski definition) is 1. The van der Waals surface area contributed by atoms with Crippen molar-refractivity contribution in [1.82, 2.24) is 5.32 Å². The van der Waals surface area contributed by atoms with Gasteiger partial charge in [0, 0.05) is 5.92 Å². The van der Waals surface area contributed by atoms with Gasteiger partial charge in [-0.2, -0.15) is 13.2 Å². The molecule has 0 spiro atoms. The van der Waals surface area contributed by atoms with Gasteiger partial charge in [-0.15, -0.1) is 0 Å². The highest BCUT2D eigenvalue weighted by Gasteiger charge is 2.34. The van der Waals surface area contributed by atoms with Crippen molar-refractivity contribution in [2.24, 2.45) is 5.92 Å². The van der Waals surface area contributed by atoms with E-state index < -0.39 is 18.1 Å². The van der Waals surface area contributed by atoms with Crippen LogP contribution in [0.4, 0.5) is 13.2 Å². The second-order valence-electron chi connectivity index (χ2n) is 2.97. The molecule has 5 heteroatoms. The van der Waals surface area contributed by atoms with E-state index in [2.05, 4.69) is 0 Å². The lowest BCUT2D eigenvalue weighted by Gasteiger charge is -2.12. The molecular formula is C7H10F3NO. The van der Waals surface area contributed by atoms with Gasteiger partial charge in [0.15, 0.2) is 0 Å². The highest BCUT2D eigenvalue weighted by Crippen LogP contribution is 2.25. The minimum Gasteiger partial charge on any atom is -0.275 e. The van der Waals surface area contributed by atoms with Crippen LogP contribution in [-0.2, 0) is 4.79 Å². The molecule has 2 nitrogen and oxygen atoms in total. The SMILES string of the molecule is O=C(NC(F)(F)F)C1CCCC1. The fourth-order valence-electron chi connectivity index (χ4n) is 1.43. The van der Waals surface area contributed by atoms with Crippen molar-refractivity contribution in [2.75, 3.05) is 0 Å². The Kier molecular flexibility index (Phi) is 2.59. The predicted octanol–water partition coefficient (Wildman–Crippen LogP) is 1.81. The lowest BCUT2D eigenvalue weighted by atomic mass is 10.1. The minimum atomic E-state index is -4.57. The average molecular weight is 181 g/mol. The van der Waals surface area contributed by atoms with E-state index >= 15 is 0 Å². The first-order valence-electron chi connectivity index (χ1n) is 3.88. The number of halogens is 3. The molecule has 0 unspecified atom stereocenters. The summed E-state index contributed by atoms with van der Waals surface area (Å²) in [7, 11) is 0. The number of carbonyl (C=O) groups is 1. The Bertz CT molecular complexity index is 172. The van der Waals surface area contributed by atoms with E-state index in [4.69, 9.17) is 0 Å². The van der Waals surface area contributed by atoms with Gasteiger partial charge in [-0.05, 0) is 12.8 Å². The molecule has 70 valence electrons. The van der Waals surface area contributed by atoms with Gasteiger partial charge in [-0.25, -0.2) is 0 Å². The van der Waals surface area contributed by atoms with Crippen molar-refractivity contribution in [3.63, 3.8) is 0 Å². The molecule has 12 heavy (non-hydrogen) atoms. The van der Waals surface area contributed by atoms with Crippen LogP contribution in [0.25, 0.3) is 0 Å². The number of hydrogen-bond donors (Lipinski definition) is 1. The molecule has 1 saturated carbocycles. The van der Waals surface area contributed by atoms with Crippen molar-refractivity contribution in [3.05, 3.63) is 0 Å². The van der Waals surface area contributed by atoms with Gasteiger partial charge in [-0.1, -0.05) is 12.8 Å². The van der Waals surface area contributed by atoms with Crippen LogP contribution < -0.4 is 5.32 Å². The fraction of sp³-hybridized carbons (Fsp3) is 0.857. The maximum Gasteiger partial charge on any atom is 0.484 e. The summed E-state index contributed by atoms with van der Waals surface area (Å²) in [6, 6.07) is 0. The molecule has 0 aliphatic heterocycles. The largest absolute Gasteiger partial charge is 0.484 e. The van der Waals surface area contributed by atoms with Crippen LogP contribution in [0.1, 0.15) is 25.7 Å². The van der Waals surface area contributed by atoms with Gasteiger partial charge in [0.25, 0.3) is 0 Å². The first-order valence-corrected chi connectivity index (χ1v) is 3.88. The summed E-state index contributed by atoms with van der Waals surface area (Å²) in [5.41, 5.74) is 0. The fourth-order valence-corrected chi connectivity index (χ4v) is 1.43. The Labute approximate surface area is 68.1 Å². The molecule has 0 heterocycles. The van der Waals surface area contributed by atoms with E-state index in [0.717, 1.165) is 18.2 Å². The van der Waals surface area contributed by atoms with Crippen LogP contribution >= 0.6 is 0 Å². The maximum absolute atomic E-state index is 11.6. The molecule has 0 radical (unpaired) electrons. The lowest BCUT2D eigenvalue weighted by Crippen LogP contribution is -2.40. The van der Waals surface area contributed by atoms with Gasteiger partial charge in [-0.3, -0.25) is 10.1 Å². The van der Waals surface area contributed by atoms with E-state index in [1.807, 2.05) is 0 Å². The summed E-state index contributed by atoms with van der Waals surface area (Å²) in [4.78, 5) is 10.8. The molecule has 0 aromatic rings. The Morgan fingerprint density at radius 2 is 1.75 bits per heavy atom. The van der Waals surface area contributed by atoms with Crippen molar-refractivity contribution in [2.45, 2.75) is 32.0 Å². The second-order valence-corrected chi connectivity index (χ2v) is 2.97. The number of carbonyl (C=O) groups excluding carboxylic acids is 1. The third-order valence-corrected chi connectivity index (χ3v) is 1.99. The molecule has 0 aromatic carbocycles. The summed E-state index contributed by atoms with van der Waals surface area (Å²) in [5, 5.41) is 1.02. The van der Waals surface area contributed by atoms with Crippen LogP contribution in [0.5, 0.6) is 0 Å². The van der Waals surface area contributed by atoms with Crippen molar-refractivity contribution >= 4 is 5.91 Å². The number of rotatable bonds is 1. The van der Waals surface area contributed by atoms with Crippen LogP contribution in [0.2, 0.25) is 0 Å². The Morgan fingerprint density at radius 1 is 1.25 bits per heavy atom. The Balaban J connectivity index is 2.37. The Hall–Kier alpha value is -0.740. The zero-order valence-corrected chi connectivity index (χ0v) is 6.45. The maximum atomic E-state index is 11.6. The van der Waals surface area contributed by atoms with Crippen molar-refractivity contribution < 1.29 is 18.0 Å². The summed E-state index contributed by atoms with van der Waals surface area (Å²) < 4.78 is 34.9. The van der Waals surface area contributed by atoms with Crippen LogP contribution in [0.3, 0.4) is 0 Å². The topological polar surface area (TPSA) is 29.1 Å². The molecule has 0 aromatic heterocycles. The summed E-state index contributed by atoms with van der Waals surface area (Å²) >= 11 is 0. The van der Waals surface area contributed by atoms with Gasteiger partial charge in [0.1, 0.15) is 0 Å². The first kappa shape index (κ1) is 9.35. The third kappa shape index (κ3) is 2.71. The quantitative estimate of drug-likeness (QED) is 0.614. The minimum absolute atomic E-state index is 0.424. The number of amides is 1. The normalized spacial score (nSPS) is 19.6. The van der Waals surface area contributed by atoms with Crippen molar-refractivity contribution in [3.8, 4) is 0 Å². The standard InChI is InChI=1S/C7H10F3NO/c8-7(9,10)11-6(12)5-3-1-2-4-5/h5H,1-4H2,(H,11,12). The van der Waals surface area contributed by atoms with E-state index in [-0.39, 0.29) is 0 Å². The van der Waals surface area contributed by atoms with E-state index in [9.17, 15) is 18.0 Å². The second kappa shape index (κ2) is 3.33. The molecule has 1 aliphatic rings. The smallest absolute Gasteiger partial charge is 0.275 e. The molecule has 0 atom stereocenters. The van der Waals surface area contributed by atoms with Gasteiger partial charge < -0.3 is 0 Å². The van der Waals surface area contributed by atoms with Gasteiger partial charge in [0.2, 0.25) is 5.91 Å². The Morgan fingerprint density at radius 3 is 2.17 bits per heavy atom. The highest BCUT2D eigenvalue weighted by atomic mass is 19.4. The molecule has 0 saturated heterocycles. The predicted molar refractivity (Wildman–Crippen MR) is 36.2 cm³/mol. The molecule has 1 N–H and O–H groups in total. The summed E-state index contributed by atoms with van der Waals surface area (Å²) in [6.07, 6.45) is -1.69. The van der Waals surface area contributed by atoms with Crippen LogP contribution in [-0.4, -0.2) is 12.2 Å². The van der Waals surface area contributed by atoms with Gasteiger partial charge >= 0.3 is 6.30 Å². The summed E-state index contributed by atoms with van der Waals surface area (Å²) in [5.74, 6) is -1.30. The molecule has 1 amide bonds. The van der Waals surface area contributed by atoms with E-state index in [1.54, 1.807) is 0 Å². The zero-order chi connectivity index (χ0) is 9.19. The molecule has 0 bridgehead atoms.